The fourth-order valence-corrected chi connectivity index (χ4v) is 2.01. The number of esters is 2. The Morgan fingerprint density at radius 2 is 1.15 bits per heavy atom. The summed E-state index contributed by atoms with van der Waals surface area (Å²) in [6.07, 6.45) is -3.50. The van der Waals surface area contributed by atoms with Crippen LogP contribution in [0.2, 0.25) is 0 Å². The fourth-order valence-electron chi connectivity index (χ4n) is 2.01. The molecule has 0 radical (unpaired) electrons. The Hall–Kier alpha value is -2.20. The summed E-state index contributed by atoms with van der Waals surface area (Å²) < 4.78 is 19.7. The predicted octanol–water partition coefficient (Wildman–Crippen LogP) is -2.22. The first-order valence-electron chi connectivity index (χ1n) is 5.51. The van der Waals surface area contributed by atoms with Gasteiger partial charge in [0.05, 0.1) is 13.2 Å². The molecule has 10 nitrogen and oxygen atoms in total. The van der Waals surface area contributed by atoms with Crippen molar-refractivity contribution in [1.29, 1.82) is 0 Å². The number of hydrogen-bond donors (Lipinski definition) is 2. The van der Waals surface area contributed by atoms with E-state index >= 15 is 0 Å². The summed E-state index contributed by atoms with van der Waals surface area (Å²) in [6, 6.07) is 0. The van der Waals surface area contributed by atoms with E-state index < -0.39 is 48.3 Å². The molecule has 2 unspecified atom stereocenters. The van der Waals surface area contributed by atoms with E-state index in [0.717, 1.165) is 0 Å². The highest BCUT2D eigenvalue weighted by Crippen LogP contribution is 2.30. The van der Waals surface area contributed by atoms with Crippen LogP contribution in [0.4, 0.5) is 0 Å². The molecule has 2 N–H and O–H groups in total. The largest absolute Gasteiger partial charge is 0.473 e. The van der Waals surface area contributed by atoms with Crippen molar-refractivity contribution >= 4 is 23.9 Å². The van der Waals surface area contributed by atoms with Crippen LogP contribution < -0.4 is 0 Å². The van der Waals surface area contributed by atoms with E-state index in [2.05, 4.69) is 9.47 Å². The first-order chi connectivity index (χ1) is 9.40. The highest BCUT2D eigenvalue weighted by atomic mass is 16.7. The number of rotatable bonds is 2. The highest BCUT2D eigenvalue weighted by Gasteiger charge is 2.51. The van der Waals surface area contributed by atoms with Crippen molar-refractivity contribution in [2.24, 2.45) is 0 Å². The van der Waals surface area contributed by atoms with E-state index in [1.807, 2.05) is 0 Å². The lowest BCUT2D eigenvalue weighted by Gasteiger charge is -2.15. The summed E-state index contributed by atoms with van der Waals surface area (Å²) in [4.78, 5) is 42.6. The van der Waals surface area contributed by atoms with Crippen LogP contribution >= 0.6 is 0 Å². The molecule has 2 heterocycles. The monoisotopic (exact) mass is 290 g/mol. The molecule has 2 rings (SSSR count). The minimum Gasteiger partial charge on any atom is -0.473 e. The van der Waals surface area contributed by atoms with Crippen LogP contribution in [0.5, 0.6) is 0 Å². The van der Waals surface area contributed by atoms with Crippen molar-refractivity contribution < 1.29 is 48.3 Å². The summed E-state index contributed by atoms with van der Waals surface area (Å²) in [6.45, 7) is -0.259. The Morgan fingerprint density at radius 3 is 1.45 bits per heavy atom. The highest BCUT2D eigenvalue weighted by molar-refractivity contribution is 6.29. The van der Waals surface area contributed by atoms with Gasteiger partial charge >= 0.3 is 23.9 Å². The maximum atomic E-state index is 10.9. The molecule has 0 aromatic rings. The maximum Gasteiger partial charge on any atom is 0.417 e. The topological polar surface area (TPSA) is 146 Å². The Kier molecular flexibility index (Phi) is 3.86. The first-order valence-corrected chi connectivity index (χ1v) is 5.51. The summed E-state index contributed by atoms with van der Waals surface area (Å²) >= 11 is 0. The predicted molar refractivity (Wildman–Crippen MR) is 54.5 cm³/mol. The molecule has 10 heteroatoms. The summed E-state index contributed by atoms with van der Waals surface area (Å²) in [5, 5.41) is 16.8. The summed E-state index contributed by atoms with van der Waals surface area (Å²) in [7, 11) is 0. The molecule has 110 valence electrons. The Bertz CT molecular complexity index is 415. The molecular weight excluding hydrogens is 280 g/mol. The van der Waals surface area contributed by atoms with Crippen molar-refractivity contribution in [3.05, 3.63) is 0 Å². The normalized spacial score (nSPS) is 31.4. The minimum atomic E-state index is -1.75. The molecule has 0 spiro atoms. The molecule has 2 saturated heterocycles. The lowest BCUT2D eigenvalue weighted by atomic mass is 10.1. The van der Waals surface area contributed by atoms with Gasteiger partial charge in [0.25, 0.3) is 0 Å². The lowest BCUT2D eigenvalue weighted by Crippen LogP contribution is -2.37. The van der Waals surface area contributed by atoms with E-state index in [0.29, 0.717) is 0 Å². The zero-order valence-corrected chi connectivity index (χ0v) is 9.88. The molecule has 2 fully saturated rings. The van der Waals surface area contributed by atoms with Crippen molar-refractivity contribution in [2.45, 2.75) is 24.4 Å². The summed E-state index contributed by atoms with van der Waals surface area (Å²) in [5.41, 5.74) is 0. The van der Waals surface area contributed by atoms with E-state index in [-0.39, 0.29) is 13.2 Å². The van der Waals surface area contributed by atoms with E-state index in [9.17, 15) is 19.2 Å². The standard InChI is InChI=1S/C10H10O10/c11-7(12)9(15)19-3-1-17-6-4(2-18-5(3)6)20-10(16)8(13)14/h3-6H,1-2H2,(H,11,12)(H,13,14)/t3-,4+,5?,6?. The van der Waals surface area contributed by atoms with Crippen LogP contribution in [0.25, 0.3) is 0 Å². The molecule has 0 aromatic carbocycles. The smallest absolute Gasteiger partial charge is 0.417 e. The number of carboxylic acid groups (broad SMARTS) is 2. The van der Waals surface area contributed by atoms with Gasteiger partial charge in [-0.1, -0.05) is 0 Å². The second kappa shape index (κ2) is 5.43. The second-order valence-corrected chi connectivity index (χ2v) is 4.09. The molecule has 4 atom stereocenters. The van der Waals surface area contributed by atoms with Gasteiger partial charge in [0.2, 0.25) is 0 Å². The zero-order chi connectivity index (χ0) is 14.9. The van der Waals surface area contributed by atoms with Crippen molar-refractivity contribution in [3.63, 3.8) is 0 Å². The van der Waals surface area contributed by atoms with Crippen LogP contribution in [-0.2, 0) is 38.1 Å². The fraction of sp³-hybridized carbons (Fsp3) is 0.600. The van der Waals surface area contributed by atoms with Crippen molar-refractivity contribution in [3.8, 4) is 0 Å². The van der Waals surface area contributed by atoms with Crippen LogP contribution in [0.15, 0.2) is 0 Å². The molecule has 0 saturated carbocycles. The van der Waals surface area contributed by atoms with Gasteiger partial charge in [-0.2, -0.15) is 0 Å². The Labute approximate surface area is 111 Å². The number of aliphatic carboxylic acids is 2. The zero-order valence-electron chi connectivity index (χ0n) is 9.88. The number of carbonyl (C=O) groups is 4. The van der Waals surface area contributed by atoms with Crippen LogP contribution in [-0.4, -0.2) is 71.7 Å². The van der Waals surface area contributed by atoms with Gasteiger partial charge in [0, 0.05) is 0 Å². The van der Waals surface area contributed by atoms with E-state index in [1.54, 1.807) is 0 Å². The van der Waals surface area contributed by atoms with Crippen LogP contribution in [0.3, 0.4) is 0 Å². The third kappa shape index (κ3) is 2.70. The Morgan fingerprint density at radius 1 is 0.800 bits per heavy atom. The van der Waals surface area contributed by atoms with Crippen molar-refractivity contribution in [1.82, 2.24) is 0 Å². The number of ether oxygens (including phenoxy) is 4. The van der Waals surface area contributed by atoms with Gasteiger partial charge in [-0.05, 0) is 0 Å². The first kappa shape index (κ1) is 14.2. The van der Waals surface area contributed by atoms with Gasteiger partial charge in [0.1, 0.15) is 12.2 Å². The van der Waals surface area contributed by atoms with Gasteiger partial charge < -0.3 is 29.2 Å². The lowest BCUT2D eigenvalue weighted by molar-refractivity contribution is -0.171. The molecule has 0 aliphatic carbocycles. The molecule has 20 heavy (non-hydrogen) atoms. The third-order valence-corrected chi connectivity index (χ3v) is 2.83. The van der Waals surface area contributed by atoms with Gasteiger partial charge in [0.15, 0.2) is 12.2 Å². The quantitative estimate of drug-likeness (QED) is 0.423. The third-order valence-electron chi connectivity index (χ3n) is 2.83. The van der Waals surface area contributed by atoms with E-state index in [4.69, 9.17) is 19.7 Å². The average molecular weight is 290 g/mol. The molecule has 0 aromatic heterocycles. The molecule has 0 amide bonds. The Balaban J connectivity index is 1.94. The van der Waals surface area contributed by atoms with Crippen LogP contribution in [0.1, 0.15) is 0 Å². The average Bonchev–Trinajstić information content (AvgIpc) is 2.93. The molecular formula is C10H10O10. The molecule has 2 aliphatic heterocycles. The second-order valence-electron chi connectivity index (χ2n) is 4.09. The number of carbonyl (C=O) groups excluding carboxylic acids is 2. The van der Waals surface area contributed by atoms with Crippen LogP contribution in [0, 0.1) is 0 Å². The van der Waals surface area contributed by atoms with Gasteiger partial charge in [-0.25, -0.2) is 19.2 Å². The molecule has 0 bridgehead atoms. The number of fused-ring (bicyclic) bond motifs is 1. The van der Waals surface area contributed by atoms with Gasteiger partial charge in [-0.15, -0.1) is 0 Å². The van der Waals surface area contributed by atoms with Gasteiger partial charge in [-0.3, -0.25) is 0 Å². The number of hydrogen-bond acceptors (Lipinski definition) is 8. The maximum absolute atomic E-state index is 10.9. The SMILES string of the molecule is O=C(O)C(=O)O[C@H]1COC2C1OC[C@H]2OC(=O)C(=O)O. The van der Waals surface area contributed by atoms with E-state index in [1.165, 1.54) is 0 Å². The van der Waals surface area contributed by atoms with Crippen molar-refractivity contribution in [2.75, 3.05) is 13.2 Å². The minimum absolute atomic E-state index is 0.129. The number of carboxylic acids is 2. The summed E-state index contributed by atoms with van der Waals surface area (Å²) in [5.74, 6) is -6.40. The molecule has 2 aliphatic rings.